The van der Waals surface area contributed by atoms with Crippen molar-refractivity contribution in [3.63, 3.8) is 0 Å². The van der Waals surface area contributed by atoms with Crippen LogP contribution in [0.3, 0.4) is 0 Å². The van der Waals surface area contributed by atoms with Crippen LogP contribution in [-0.4, -0.2) is 6.54 Å². The SMILES string of the molecule is CCNCc1ccc(Oc2cc(Br)ccc2F)cc1Cl. The first-order valence-corrected chi connectivity index (χ1v) is 7.39. The fourth-order valence-corrected chi connectivity index (χ4v) is 2.25. The van der Waals surface area contributed by atoms with E-state index in [-0.39, 0.29) is 5.75 Å². The van der Waals surface area contributed by atoms with Gasteiger partial charge in [-0.05, 0) is 42.4 Å². The van der Waals surface area contributed by atoms with Gasteiger partial charge in [-0.15, -0.1) is 0 Å². The molecular formula is C15H14BrClFNO. The predicted octanol–water partition coefficient (Wildman–Crippen LogP) is 5.14. The summed E-state index contributed by atoms with van der Waals surface area (Å²) in [7, 11) is 0. The summed E-state index contributed by atoms with van der Waals surface area (Å²) in [6, 6.07) is 9.88. The number of hydrogen-bond donors (Lipinski definition) is 1. The first kappa shape index (κ1) is 15.3. The van der Waals surface area contributed by atoms with Crippen LogP contribution in [0.1, 0.15) is 12.5 Å². The van der Waals surface area contributed by atoms with Gasteiger partial charge >= 0.3 is 0 Å². The molecule has 0 saturated heterocycles. The van der Waals surface area contributed by atoms with Crippen LogP contribution in [0.25, 0.3) is 0 Å². The molecule has 0 amide bonds. The minimum atomic E-state index is -0.416. The molecule has 0 aliphatic carbocycles. The Kier molecular flexibility index (Phi) is 5.40. The highest BCUT2D eigenvalue weighted by atomic mass is 79.9. The highest BCUT2D eigenvalue weighted by Crippen LogP contribution is 2.30. The third-order valence-corrected chi connectivity index (χ3v) is 3.56. The monoisotopic (exact) mass is 357 g/mol. The Labute approximate surface area is 131 Å². The molecule has 2 aromatic rings. The lowest BCUT2D eigenvalue weighted by atomic mass is 10.2. The molecule has 0 heterocycles. The maximum Gasteiger partial charge on any atom is 0.165 e. The molecule has 5 heteroatoms. The molecule has 2 aromatic carbocycles. The van der Waals surface area contributed by atoms with Gasteiger partial charge in [0.05, 0.1) is 0 Å². The van der Waals surface area contributed by atoms with Crippen molar-refractivity contribution < 1.29 is 9.13 Å². The van der Waals surface area contributed by atoms with Crippen molar-refractivity contribution in [3.8, 4) is 11.5 Å². The Morgan fingerprint density at radius 2 is 2.05 bits per heavy atom. The molecule has 0 fully saturated rings. The molecule has 20 heavy (non-hydrogen) atoms. The normalized spacial score (nSPS) is 10.6. The molecule has 0 atom stereocenters. The molecule has 0 aliphatic rings. The number of ether oxygens (including phenoxy) is 1. The fourth-order valence-electron chi connectivity index (χ4n) is 1.68. The van der Waals surface area contributed by atoms with E-state index in [0.717, 1.165) is 16.6 Å². The quantitative estimate of drug-likeness (QED) is 0.798. The van der Waals surface area contributed by atoms with Crippen LogP contribution in [0.2, 0.25) is 5.02 Å². The molecule has 0 radical (unpaired) electrons. The maximum absolute atomic E-state index is 13.6. The van der Waals surface area contributed by atoms with E-state index < -0.39 is 5.82 Å². The van der Waals surface area contributed by atoms with Gasteiger partial charge in [0.25, 0.3) is 0 Å². The van der Waals surface area contributed by atoms with E-state index in [2.05, 4.69) is 21.2 Å². The summed E-state index contributed by atoms with van der Waals surface area (Å²) in [5.41, 5.74) is 0.982. The second kappa shape index (κ2) is 7.07. The van der Waals surface area contributed by atoms with Gasteiger partial charge in [-0.25, -0.2) is 4.39 Å². The topological polar surface area (TPSA) is 21.3 Å². The smallest absolute Gasteiger partial charge is 0.165 e. The minimum absolute atomic E-state index is 0.162. The highest BCUT2D eigenvalue weighted by molar-refractivity contribution is 9.10. The average Bonchev–Trinajstić information content (AvgIpc) is 2.42. The average molecular weight is 359 g/mol. The second-order valence-electron chi connectivity index (χ2n) is 4.21. The lowest BCUT2D eigenvalue weighted by Gasteiger charge is -2.10. The number of benzene rings is 2. The number of halogens is 3. The summed E-state index contributed by atoms with van der Waals surface area (Å²) in [4.78, 5) is 0. The van der Waals surface area contributed by atoms with Crippen LogP contribution >= 0.6 is 27.5 Å². The van der Waals surface area contributed by atoms with Crippen molar-refractivity contribution in [1.82, 2.24) is 5.32 Å². The summed E-state index contributed by atoms with van der Waals surface area (Å²) in [5, 5.41) is 3.80. The Bertz CT molecular complexity index is 606. The van der Waals surface area contributed by atoms with Gasteiger partial charge in [-0.2, -0.15) is 0 Å². The van der Waals surface area contributed by atoms with Crippen molar-refractivity contribution in [3.05, 3.63) is 57.3 Å². The van der Waals surface area contributed by atoms with Crippen molar-refractivity contribution >= 4 is 27.5 Å². The zero-order chi connectivity index (χ0) is 14.5. The summed E-state index contributed by atoms with van der Waals surface area (Å²) >= 11 is 9.46. The zero-order valence-corrected chi connectivity index (χ0v) is 13.3. The van der Waals surface area contributed by atoms with E-state index in [0.29, 0.717) is 17.3 Å². The Balaban J connectivity index is 2.17. The Hall–Kier alpha value is -1.10. The van der Waals surface area contributed by atoms with Gasteiger partial charge in [0.1, 0.15) is 5.75 Å². The molecule has 106 valence electrons. The van der Waals surface area contributed by atoms with E-state index in [9.17, 15) is 4.39 Å². The standard InChI is InChI=1S/C15H14BrClFNO/c1-2-19-9-10-3-5-12(8-13(10)17)20-15-7-11(16)4-6-14(15)18/h3-8,19H,2,9H2,1H3. The second-order valence-corrected chi connectivity index (χ2v) is 5.53. The van der Waals surface area contributed by atoms with E-state index >= 15 is 0 Å². The highest BCUT2D eigenvalue weighted by Gasteiger charge is 2.07. The number of nitrogens with one attached hydrogen (secondary N) is 1. The minimum Gasteiger partial charge on any atom is -0.454 e. The van der Waals surface area contributed by atoms with Gasteiger partial charge < -0.3 is 10.1 Å². The maximum atomic E-state index is 13.6. The summed E-state index contributed by atoms with van der Waals surface area (Å²) in [5.74, 6) is 0.253. The van der Waals surface area contributed by atoms with Crippen molar-refractivity contribution in [2.75, 3.05) is 6.54 Å². The zero-order valence-electron chi connectivity index (χ0n) is 10.9. The van der Waals surface area contributed by atoms with E-state index in [4.69, 9.17) is 16.3 Å². The van der Waals surface area contributed by atoms with Crippen molar-refractivity contribution in [1.29, 1.82) is 0 Å². The van der Waals surface area contributed by atoms with E-state index in [1.54, 1.807) is 24.3 Å². The third-order valence-electron chi connectivity index (χ3n) is 2.71. The lowest BCUT2D eigenvalue weighted by molar-refractivity contribution is 0.441. The molecule has 0 saturated carbocycles. The summed E-state index contributed by atoms with van der Waals surface area (Å²) in [6.07, 6.45) is 0. The third kappa shape index (κ3) is 3.95. The van der Waals surface area contributed by atoms with Gasteiger partial charge in [0.15, 0.2) is 11.6 Å². The summed E-state index contributed by atoms with van der Waals surface area (Å²) in [6.45, 7) is 3.60. The first-order valence-electron chi connectivity index (χ1n) is 6.22. The van der Waals surface area contributed by atoms with Crippen LogP contribution in [0.15, 0.2) is 40.9 Å². The molecule has 0 unspecified atom stereocenters. The van der Waals surface area contributed by atoms with Gasteiger partial charge in [-0.3, -0.25) is 0 Å². The van der Waals surface area contributed by atoms with Crippen LogP contribution < -0.4 is 10.1 Å². The number of hydrogen-bond acceptors (Lipinski definition) is 2. The first-order chi connectivity index (χ1) is 9.60. The lowest BCUT2D eigenvalue weighted by Crippen LogP contribution is -2.11. The van der Waals surface area contributed by atoms with Gasteiger partial charge in [0.2, 0.25) is 0 Å². The molecule has 1 N–H and O–H groups in total. The molecular weight excluding hydrogens is 345 g/mol. The van der Waals surface area contributed by atoms with Gasteiger partial charge in [-0.1, -0.05) is 40.5 Å². The van der Waals surface area contributed by atoms with Crippen LogP contribution in [0.4, 0.5) is 4.39 Å². The van der Waals surface area contributed by atoms with Crippen LogP contribution in [0.5, 0.6) is 11.5 Å². The van der Waals surface area contributed by atoms with Crippen LogP contribution in [0, 0.1) is 5.82 Å². The Morgan fingerprint density at radius 1 is 1.25 bits per heavy atom. The predicted molar refractivity (Wildman–Crippen MR) is 83.0 cm³/mol. The molecule has 0 bridgehead atoms. The largest absolute Gasteiger partial charge is 0.454 e. The van der Waals surface area contributed by atoms with E-state index in [1.807, 2.05) is 13.0 Å². The summed E-state index contributed by atoms with van der Waals surface area (Å²) < 4.78 is 19.9. The van der Waals surface area contributed by atoms with Crippen LogP contribution in [-0.2, 0) is 6.54 Å². The Morgan fingerprint density at radius 3 is 2.75 bits per heavy atom. The van der Waals surface area contributed by atoms with Gasteiger partial charge in [0, 0.05) is 16.0 Å². The molecule has 0 spiro atoms. The fraction of sp³-hybridized carbons (Fsp3) is 0.200. The molecule has 2 nitrogen and oxygen atoms in total. The molecule has 0 aliphatic heterocycles. The molecule has 2 rings (SSSR count). The number of rotatable bonds is 5. The van der Waals surface area contributed by atoms with Crippen molar-refractivity contribution in [2.24, 2.45) is 0 Å². The van der Waals surface area contributed by atoms with Crippen molar-refractivity contribution in [2.45, 2.75) is 13.5 Å². The molecule has 0 aromatic heterocycles. The van der Waals surface area contributed by atoms with E-state index in [1.165, 1.54) is 6.07 Å².